The van der Waals surface area contributed by atoms with Gasteiger partial charge in [0.15, 0.2) is 0 Å². The third kappa shape index (κ3) is 6.11. The molecule has 3 rings (SSSR count). The predicted molar refractivity (Wildman–Crippen MR) is 106 cm³/mol. The van der Waals surface area contributed by atoms with Gasteiger partial charge in [-0.2, -0.15) is 0 Å². The second-order valence-corrected chi connectivity index (χ2v) is 7.43. The molecule has 0 spiro atoms. The average molecular weight is 376 g/mol. The minimum Gasteiger partial charge on any atom is -0.491 e. The number of likely N-dealkylation sites (tertiary alicyclic amines) is 1. The van der Waals surface area contributed by atoms with Gasteiger partial charge in [0.05, 0.1) is 19.8 Å². The fourth-order valence-electron chi connectivity index (χ4n) is 3.86. The molecule has 150 valence electrons. The molecule has 0 aliphatic carbocycles. The SMILES string of the molecule is Cc1ccccc1OCCNC(=O)N1CCCC[C@@H]1CCN1CCOCC1. The largest absolute Gasteiger partial charge is 0.491 e. The third-order valence-corrected chi connectivity index (χ3v) is 5.50. The smallest absolute Gasteiger partial charge is 0.317 e. The second-order valence-electron chi connectivity index (χ2n) is 7.43. The van der Waals surface area contributed by atoms with E-state index >= 15 is 0 Å². The number of carbonyl (C=O) groups excluding carboxylic acids is 1. The summed E-state index contributed by atoms with van der Waals surface area (Å²) in [6.07, 6.45) is 4.47. The van der Waals surface area contributed by atoms with E-state index < -0.39 is 0 Å². The number of morpholine rings is 1. The summed E-state index contributed by atoms with van der Waals surface area (Å²) in [6, 6.07) is 8.35. The molecule has 2 saturated heterocycles. The normalized spacial score (nSPS) is 21.1. The number of rotatable bonds is 7. The zero-order valence-corrected chi connectivity index (χ0v) is 16.5. The van der Waals surface area contributed by atoms with Crippen molar-refractivity contribution >= 4 is 6.03 Å². The minimum atomic E-state index is 0.0510. The first-order valence-corrected chi connectivity index (χ1v) is 10.3. The van der Waals surface area contributed by atoms with Crippen molar-refractivity contribution in [2.45, 2.75) is 38.6 Å². The van der Waals surface area contributed by atoms with Gasteiger partial charge in [-0.3, -0.25) is 4.90 Å². The molecule has 1 aromatic rings. The number of urea groups is 1. The van der Waals surface area contributed by atoms with Gasteiger partial charge in [0, 0.05) is 32.2 Å². The molecule has 2 aliphatic rings. The van der Waals surface area contributed by atoms with E-state index in [1.54, 1.807) is 0 Å². The lowest BCUT2D eigenvalue weighted by Gasteiger charge is -2.37. The van der Waals surface area contributed by atoms with E-state index in [2.05, 4.69) is 10.2 Å². The molecule has 1 aromatic carbocycles. The van der Waals surface area contributed by atoms with Crippen LogP contribution in [0.4, 0.5) is 4.79 Å². The van der Waals surface area contributed by atoms with Gasteiger partial charge in [-0.15, -0.1) is 0 Å². The molecule has 1 atom stereocenters. The summed E-state index contributed by atoms with van der Waals surface area (Å²) in [6.45, 7) is 8.63. The van der Waals surface area contributed by atoms with Crippen LogP contribution >= 0.6 is 0 Å². The third-order valence-electron chi connectivity index (χ3n) is 5.50. The lowest BCUT2D eigenvalue weighted by atomic mass is 9.99. The van der Waals surface area contributed by atoms with E-state index in [1.807, 2.05) is 36.1 Å². The Hall–Kier alpha value is -1.79. The monoisotopic (exact) mass is 375 g/mol. The highest BCUT2D eigenvalue weighted by Gasteiger charge is 2.27. The number of nitrogens with one attached hydrogen (secondary N) is 1. The summed E-state index contributed by atoms with van der Waals surface area (Å²) < 4.78 is 11.2. The topological polar surface area (TPSA) is 54.0 Å². The Balaban J connectivity index is 1.40. The van der Waals surface area contributed by atoms with E-state index in [-0.39, 0.29) is 6.03 Å². The number of nitrogens with zero attached hydrogens (tertiary/aromatic N) is 2. The maximum Gasteiger partial charge on any atom is 0.317 e. The molecular formula is C21H33N3O3. The van der Waals surface area contributed by atoms with Crippen LogP contribution < -0.4 is 10.1 Å². The molecule has 6 nitrogen and oxygen atoms in total. The number of carbonyl (C=O) groups is 1. The van der Waals surface area contributed by atoms with Crippen LogP contribution in [-0.2, 0) is 4.74 Å². The van der Waals surface area contributed by atoms with Crippen LogP contribution in [0.3, 0.4) is 0 Å². The van der Waals surface area contributed by atoms with Crippen molar-refractivity contribution in [3.63, 3.8) is 0 Å². The Kier molecular flexibility index (Phi) is 7.78. The van der Waals surface area contributed by atoms with Crippen LogP contribution in [0.5, 0.6) is 5.75 Å². The van der Waals surface area contributed by atoms with Gasteiger partial charge >= 0.3 is 6.03 Å². The van der Waals surface area contributed by atoms with Crippen LogP contribution in [0.15, 0.2) is 24.3 Å². The Morgan fingerprint density at radius 2 is 2.04 bits per heavy atom. The molecule has 2 amide bonds. The lowest BCUT2D eigenvalue weighted by Crippen LogP contribution is -2.50. The molecule has 27 heavy (non-hydrogen) atoms. The molecule has 2 fully saturated rings. The number of amides is 2. The molecule has 0 unspecified atom stereocenters. The molecule has 0 bridgehead atoms. The predicted octanol–water partition coefficient (Wildman–Crippen LogP) is 2.66. The maximum atomic E-state index is 12.7. The van der Waals surface area contributed by atoms with Crippen molar-refractivity contribution in [3.8, 4) is 5.75 Å². The molecule has 6 heteroatoms. The summed E-state index contributed by atoms with van der Waals surface area (Å²) in [5.74, 6) is 0.883. The fraction of sp³-hybridized carbons (Fsp3) is 0.667. The standard InChI is InChI=1S/C21H33N3O3/c1-18-6-2-3-8-20(18)27-15-10-22-21(25)24-11-5-4-7-19(24)9-12-23-13-16-26-17-14-23/h2-3,6,8,19H,4-5,7,9-17H2,1H3,(H,22,25)/t19-/m1/s1. The summed E-state index contributed by atoms with van der Waals surface area (Å²) >= 11 is 0. The number of hydrogen-bond acceptors (Lipinski definition) is 4. The fourth-order valence-corrected chi connectivity index (χ4v) is 3.86. The van der Waals surface area contributed by atoms with Crippen molar-refractivity contribution in [3.05, 3.63) is 29.8 Å². The highest BCUT2D eigenvalue weighted by molar-refractivity contribution is 5.74. The zero-order chi connectivity index (χ0) is 18.9. The number of piperidine rings is 1. The Morgan fingerprint density at radius 1 is 1.22 bits per heavy atom. The second kappa shape index (κ2) is 10.5. The van der Waals surface area contributed by atoms with Gasteiger partial charge in [0.25, 0.3) is 0 Å². The lowest BCUT2D eigenvalue weighted by molar-refractivity contribution is 0.0326. The summed E-state index contributed by atoms with van der Waals surface area (Å²) in [7, 11) is 0. The van der Waals surface area contributed by atoms with Crippen molar-refractivity contribution in [2.24, 2.45) is 0 Å². The van der Waals surface area contributed by atoms with Gasteiger partial charge in [0.2, 0.25) is 0 Å². The van der Waals surface area contributed by atoms with Gasteiger partial charge < -0.3 is 19.7 Å². The van der Waals surface area contributed by atoms with Crippen LogP contribution in [-0.4, -0.2) is 74.4 Å². The van der Waals surface area contributed by atoms with Crippen LogP contribution in [0.25, 0.3) is 0 Å². The van der Waals surface area contributed by atoms with Gasteiger partial charge in [0.1, 0.15) is 12.4 Å². The first-order valence-electron chi connectivity index (χ1n) is 10.3. The average Bonchev–Trinajstić information content (AvgIpc) is 2.71. The van der Waals surface area contributed by atoms with E-state index in [1.165, 1.54) is 6.42 Å². The van der Waals surface area contributed by atoms with Crippen molar-refractivity contribution in [1.29, 1.82) is 0 Å². The zero-order valence-electron chi connectivity index (χ0n) is 16.5. The highest BCUT2D eigenvalue weighted by atomic mass is 16.5. The van der Waals surface area contributed by atoms with E-state index in [4.69, 9.17) is 9.47 Å². The number of para-hydroxylation sites is 1. The van der Waals surface area contributed by atoms with Crippen molar-refractivity contribution in [1.82, 2.24) is 15.1 Å². The number of benzene rings is 1. The molecular weight excluding hydrogens is 342 g/mol. The number of aryl methyl sites for hydroxylation is 1. The minimum absolute atomic E-state index is 0.0510. The number of ether oxygens (including phenoxy) is 2. The Morgan fingerprint density at radius 3 is 2.85 bits per heavy atom. The molecule has 2 aliphatic heterocycles. The summed E-state index contributed by atoms with van der Waals surface area (Å²) in [5, 5.41) is 3.04. The van der Waals surface area contributed by atoms with E-state index in [0.717, 1.165) is 70.0 Å². The van der Waals surface area contributed by atoms with E-state index in [0.29, 0.717) is 19.2 Å². The van der Waals surface area contributed by atoms with Crippen molar-refractivity contribution in [2.75, 3.05) is 52.5 Å². The number of hydrogen-bond donors (Lipinski definition) is 1. The van der Waals surface area contributed by atoms with Crippen molar-refractivity contribution < 1.29 is 14.3 Å². The van der Waals surface area contributed by atoms with Gasteiger partial charge in [-0.1, -0.05) is 18.2 Å². The maximum absolute atomic E-state index is 12.7. The molecule has 1 N–H and O–H groups in total. The molecule has 0 radical (unpaired) electrons. The van der Waals surface area contributed by atoms with Gasteiger partial charge in [-0.25, -0.2) is 4.79 Å². The van der Waals surface area contributed by atoms with E-state index in [9.17, 15) is 4.79 Å². The Labute approximate surface area is 162 Å². The summed E-state index contributed by atoms with van der Waals surface area (Å²) in [5.41, 5.74) is 1.11. The molecule has 2 heterocycles. The highest BCUT2D eigenvalue weighted by Crippen LogP contribution is 2.20. The van der Waals surface area contributed by atoms with Crippen LogP contribution in [0, 0.1) is 6.92 Å². The van der Waals surface area contributed by atoms with Crippen LogP contribution in [0.1, 0.15) is 31.2 Å². The Bertz CT molecular complexity index is 590. The van der Waals surface area contributed by atoms with Crippen LogP contribution in [0.2, 0.25) is 0 Å². The molecule has 0 aromatic heterocycles. The quantitative estimate of drug-likeness (QED) is 0.745. The first-order chi connectivity index (χ1) is 13.2. The van der Waals surface area contributed by atoms with Gasteiger partial charge in [-0.05, 0) is 44.2 Å². The first kappa shape index (κ1) is 20.0. The molecule has 0 saturated carbocycles. The summed E-state index contributed by atoms with van der Waals surface area (Å²) in [4.78, 5) is 17.2.